The van der Waals surface area contributed by atoms with Gasteiger partial charge in [-0.15, -0.1) is 0 Å². The molecule has 1 saturated heterocycles. The molecule has 0 radical (unpaired) electrons. The van der Waals surface area contributed by atoms with Gasteiger partial charge < -0.3 is 15.5 Å². The highest BCUT2D eigenvalue weighted by atomic mass is 35.5. The first-order valence-electron chi connectivity index (χ1n) is 10.2. The van der Waals surface area contributed by atoms with E-state index >= 15 is 0 Å². The molecule has 8 nitrogen and oxygen atoms in total. The molecule has 2 aliphatic rings. The Bertz CT molecular complexity index is 958. The monoisotopic (exact) mass is 449 g/mol. The Hall–Kier alpha value is -2.81. The third-order valence-electron chi connectivity index (χ3n) is 5.39. The zero-order chi connectivity index (χ0) is 22.5. The van der Waals surface area contributed by atoms with Gasteiger partial charge in [0.2, 0.25) is 5.95 Å². The number of allylic oxidation sites excluding steroid dienone is 1. The van der Waals surface area contributed by atoms with Crippen molar-refractivity contribution in [1.82, 2.24) is 9.88 Å². The van der Waals surface area contributed by atoms with Gasteiger partial charge in [-0.05, 0) is 51.2 Å². The van der Waals surface area contributed by atoms with E-state index in [9.17, 15) is 14.0 Å². The van der Waals surface area contributed by atoms with Crippen molar-refractivity contribution in [2.45, 2.75) is 45.6 Å². The summed E-state index contributed by atoms with van der Waals surface area (Å²) in [5, 5.41) is 4.17. The molecule has 31 heavy (non-hydrogen) atoms. The summed E-state index contributed by atoms with van der Waals surface area (Å²) in [6, 6.07) is 1.15. The summed E-state index contributed by atoms with van der Waals surface area (Å²) in [5.74, 6) is -2.19. The van der Waals surface area contributed by atoms with Gasteiger partial charge in [0.25, 0.3) is 5.91 Å². The largest absolute Gasteiger partial charge is 0.379 e. The second kappa shape index (κ2) is 10.00. The lowest BCUT2D eigenvalue weighted by Gasteiger charge is -2.37. The number of nitrogens with zero attached hydrogens (tertiary/aromatic N) is 4. The predicted octanol–water partition coefficient (Wildman–Crippen LogP) is 2.81. The van der Waals surface area contributed by atoms with Gasteiger partial charge in [0.15, 0.2) is 5.84 Å². The van der Waals surface area contributed by atoms with Crippen LogP contribution in [0, 0.1) is 11.9 Å². The van der Waals surface area contributed by atoms with Crippen LogP contribution in [0.15, 0.2) is 33.5 Å². The fourth-order valence-electron chi connectivity index (χ4n) is 3.88. The van der Waals surface area contributed by atoms with Crippen LogP contribution in [0.1, 0.15) is 49.0 Å². The van der Waals surface area contributed by atoms with Crippen LogP contribution in [0.25, 0.3) is 0 Å². The molecule has 0 bridgehead atoms. The zero-order valence-corrected chi connectivity index (χ0v) is 18.2. The van der Waals surface area contributed by atoms with E-state index < -0.39 is 17.8 Å². The van der Waals surface area contributed by atoms with E-state index in [0.717, 1.165) is 18.1 Å². The van der Waals surface area contributed by atoms with E-state index in [4.69, 9.17) is 22.2 Å². The van der Waals surface area contributed by atoms with E-state index in [-0.39, 0.29) is 24.3 Å². The number of nitrogens with two attached hydrogens (primary N) is 1. The number of pyridine rings is 1. The van der Waals surface area contributed by atoms with Gasteiger partial charge in [0, 0.05) is 42.0 Å². The number of carbonyl (C=O) groups is 2. The smallest absolute Gasteiger partial charge is 0.339 e. The topological polar surface area (TPSA) is 110 Å². The van der Waals surface area contributed by atoms with Gasteiger partial charge in [-0.2, -0.15) is 4.39 Å². The number of halogens is 2. The molecule has 2 N–H and O–H groups in total. The molecule has 1 aromatic rings. The lowest BCUT2D eigenvalue weighted by molar-refractivity contribution is -0.150. The lowest BCUT2D eigenvalue weighted by Crippen LogP contribution is -2.48. The number of piperidine rings is 1. The van der Waals surface area contributed by atoms with Crippen LogP contribution < -0.4 is 5.73 Å². The van der Waals surface area contributed by atoms with Gasteiger partial charge in [-0.1, -0.05) is 16.8 Å². The first kappa shape index (κ1) is 22.9. The fraction of sp³-hybridized carbons (Fsp3) is 0.476. The summed E-state index contributed by atoms with van der Waals surface area (Å²) in [6.07, 6.45) is 5.52. The molecule has 0 aliphatic carbocycles. The van der Waals surface area contributed by atoms with E-state index in [1.165, 1.54) is 12.3 Å². The van der Waals surface area contributed by atoms with Gasteiger partial charge in [0.1, 0.15) is 5.71 Å². The number of carbonyl (C=O) groups excluding carboxylic acids is 2. The van der Waals surface area contributed by atoms with Crippen LogP contribution in [0.4, 0.5) is 4.39 Å². The SMILES string of the molecule is CCN=C(/C=C(\C)Cl)C(N)=NOC(=O)C1CCC2CCc3cnc(F)cc3C(=O)N2C1. The maximum absolute atomic E-state index is 13.6. The molecule has 1 fully saturated rings. The van der Waals surface area contributed by atoms with E-state index in [1.54, 1.807) is 11.8 Å². The molecule has 0 aromatic carbocycles. The molecule has 2 unspecified atom stereocenters. The Morgan fingerprint density at radius 3 is 2.94 bits per heavy atom. The standard InChI is InChI=1S/C21H25ClFN5O3/c1-3-25-17(8-12(2)22)19(24)27-31-21(30)14-5-7-15-6-4-13-10-26-18(23)9-16(13)20(29)28(15)11-14/h8-10,14-15H,3-7,11H2,1-2H3,(H2,24,27)/b12-8+,25-17?. The van der Waals surface area contributed by atoms with Crippen LogP contribution in [0.5, 0.6) is 0 Å². The Morgan fingerprint density at radius 1 is 1.45 bits per heavy atom. The molecule has 3 rings (SSSR count). The Morgan fingerprint density at radius 2 is 2.23 bits per heavy atom. The maximum Gasteiger partial charge on any atom is 0.339 e. The normalized spacial score (nSPS) is 22.5. The number of hydrogen-bond donors (Lipinski definition) is 1. The van der Waals surface area contributed by atoms with Crippen molar-refractivity contribution in [1.29, 1.82) is 0 Å². The molecule has 2 atom stereocenters. The molecule has 0 saturated carbocycles. The van der Waals surface area contributed by atoms with E-state index in [2.05, 4.69) is 15.1 Å². The highest BCUT2D eigenvalue weighted by Gasteiger charge is 2.38. The lowest BCUT2D eigenvalue weighted by atomic mass is 9.91. The molecular formula is C21H25ClFN5O3. The van der Waals surface area contributed by atoms with E-state index in [1.807, 2.05) is 6.92 Å². The van der Waals surface area contributed by atoms with E-state index in [0.29, 0.717) is 42.1 Å². The summed E-state index contributed by atoms with van der Waals surface area (Å²) in [4.78, 5) is 40.1. The summed E-state index contributed by atoms with van der Waals surface area (Å²) >= 11 is 5.87. The summed E-state index contributed by atoms with van der Waals surface area (Å²) in [5.41, 5.74) is 7.23. The summed E-state index contributed by atoms with van der Waals surface area (Å²) in [6.45, 7) is 4.13. The second-order valence-corrected chi connectivity index (χ2v) is 8.16. The molecule has 0 spiro atoms. The van der Waals surface area contributed by atoms with Crippen LogP contribution in [-0.4, -0.2) is 52.4 Å². The molecule has 1 amide bonds. The molecular weight excluding hydrogens is 425 g/mol. The average Bonchev–Trinajstić information content (AvgIpc) is 2.87. The quantitative estimate of drug-likeness (QED) is 0.244. The van der Waals surface area contributed by atoms with Crippen LogP contribution >= 0.6 is 11.6 Å². The molecule has 10 heteroatoms. The van der Waals surface area contributed by atoms with Crippen molar-refractivity contribution in [3.8, 4) is 0 Å². The van der Waals surface area contributed by atoms with Crippen molar-refractivity contribution in [2.24, 2.45) is 21.8 Å². The highest BCUT2D eigenvalue weighted by Crippen LogP contribution is 2.31. The number of fused-ring (bicyclic) bond motifs is 2. The van der Waals surface area contributed by atoms with Crippen molar-refractivity contribution in [3.63, 3.8) is 0 Å². The Kier molecular flexibility index (Phi) is 7.37. The average molecular weight is 450 g/mol. The molecule has 2 aliphatic heterocycles. The first-order chi connectivity index (χ1) is 14.8. The summed E-state index contributed by atoms with van der Waals surface area (Å²) < 4.78 is 13.6. The van der Waals surface area contributed by atoms with Gasteiger partial charge >= 0.3 is 5.97 Å². The van der Waals surface area contributed by atoms with Crippen molar-refractivity contribution in [3.05, 3.63) is 40.4 Å². The highest BCUT2D eigenvalue weighted by molar-refractivity contribution is 6.47. The fourth-order valence-corrected chi connectivity index (χ4v) is 3.98. The number of amides is 1. The second-order valence-electron chi connectivity index (χ2n) is 7.57. The number of aliphatic imine (C=N–C) groups is 1. The minimum atomic E-state index is -0.700. The number of oxime groups is 1. The molecule has 1 aromatic heterocycles. The number of aromatic nitrogens is 1. The van der Waals surface area contributed by atoms with Gasteiger partial charge in [-0.25, -0.2) is 9.78 Å². The molecule has 3 heterocycles. The van der Waals surface area contributed by atoms with Crippen LogP contribution in [0.2, 0.25) is 0 Å². The minimum absolute atomic E-state index is 0.0132. The minimum Gasteiger partial charge on any atom is -0.379 e. The van der Waals surface area contributed by atoms with Crippen LogP contribution in [-0.2, 0) is 16.1 Å². The Labute approximate surface area is 185 Å². The first-order valence-corrected chi connectivity index (χ1v) is 10.6. The van der Waals surface area contributed by atoms with Crippen LogP contribution in [0.3, 0.4) is 0 Å². The van der Waals surface area contributed by atoms with Crippen molar-refractivity contribution < 1.29 is 18.8 Å². The van der Waals surface area contributed by atoms with Crippen molar-refractivity contribution in [2.75, 3.05) is 13.1 Å². The predicted molar refractivity (Wildman–Crippen MR) is 115 cm³/mol. The van der Waals surface area contributed by atoms with Gasteiger partial charge in [0.05, 0.1) is 5.92 Å². The third-order valence-corrected chi connectivity index (χ3v) is 5.50. The third kappa shape index (κ3) is 5.46. The maximum atomic E-state index is 13.6. The Balaban J connectivity index is 1.71. The van der Waals surface area contributed by atoms with Gasteiger partial charge in [-0.3, -0.25) is 9.79 Å². The number of aryl methyl sites for hydroxylation is 1. The van der Waals surface area contributed by atoms with Crippen molar-refractivity contribution >= 4 is 35.0 Å². The summed E-state index contributed by atoms with van der Waals surface area (Å²) in [7, 11) is 0. The number of hydrogen-bond acceptors (Lipinski definition) is 6. The number of amidine groups is 1. The zero-order valence-electron chi connectivity index (χ0n) is 17.5. The number of rotatable bonds is 5. The molecule has 166 valence electrons.